The van der Waals surface area contributed by atoms with E-state index in [1.807, 2.05) is 0 Å². The highest BCUT2D eigenvalue weighted by Crippen LogP contribution is 2.34. The van der Waals surface area contributed by atoms with Crippen LogP contribution < -0.4 is 15.4 Å². The molecule has 0 aliphatic carbocycles. The van der Waals surface area contributed by atoms with Crippen LogP contribution in [0.3, 0.4) is 0 Å². The number of thiazole rings is 1. The van der Waals surface area contributed by atoms with E-state index in [2.05, 4.69) is 15.6 Å². The molecule has 0 aliphatic heterocycles. The molecule has 0 spiro atoms. The molecule has 0 saturated heterocycles. The van der Waals surface area contributed by atoms with Crippen LogP contribution in [0.25, 0.3) is 10.2 Å². The van der Waals surface area contributed by atoms with Gasteiger partial charge >= 0.3 is 0 Å². The molecular formula is C16H11ClN4O4S2. The standard InChI is InChI=1S/C16H11ClN4O4S2/c1-25-12-7-13-11(6-10(12)17)18-16(27-13)20-15(26)19-14(22)8-3-2-4-9(5-8)21(23)24/h2-7H,1H3,(H2,18,19,20,22,26). The number of fused-ring (bicyclic) bond motifs is 1. The van der Waals surface area contributed by atoms with E-state index < -0.39 is 10.8 Å². The molecule has 1 aromatic heterocycles. The summed E-state index contributed by atoms with van der Waals surface area (Å²) in [7, 11) is 1.52. The number of non-ortho nitro benzene ring substituents is 1. The molecule has 0 aliphatic rings. The molecule has 2 N–H and O–H groups in total. The number of methoxy groups -OCH3 is 1. The maximum Gasteiger partial charge on any atom is 0.270 e. The minimum Gasteiger partial charge on any atom is -0.495 e. The summed E-state index contributed by atoms with van der Waals surface area (Å²) in [6, 6.07) is 8.77. The van der Waals surface area contributed by atoms with Gasteiger partial charge in [0.15, 0.2) is 10.2 Å². The van der Waals surface area contributed by atoms with Crippen LogP contribution in [0.4, 0.5) is 10.8 Å². The third kappa shape index (κ3) is 4.30. The Morgan fingerprint density at radius 1 is 1.37 bits per heavy atom. The highest BCUT2D eigenvalue weighted by Gasteiger charge is 2.14. The lowest BCUT2D eigenvalue weighted by Gasteiger charge is -2.06. The zero-order valence-corrected chi connectivity index (χ0v) is 16.1. The van der Waals surface area contributed by atoms with Crippen molar-refractivity contribution in [3.05, 3.63) is 57.1 Å². The van der Waals surface area contributed by atoms with Crippen molar-refractivity contribution in [1.29, 1.82) is 0 Å². The fourth-order valence-electron chi connectivity index (χ4n) is 2.20. The SMILES string of the molecule is COc1cc2sc(NC(=S)NC(=O)c3cccc([N+](=O)[O-])c3)nc2cc1Cl. The first kappa shape index (κ1) is 19.0. The van der Waals surface area contributed by atoms with E-state index in [0.29, 0.717) is 21.4 Å². The Morgan fingerprint density at radius 2 is 2.15 bits per heavy atom. The number of nitrogens with one attached hydrogen (secondary N) is 2. The Kier molecular flexibility index (Phi) is 5.49. The quantitative estimate of drug-likeness (QED) is 0.372. The molecule has 11 heteroatoms. The summed E-state index contributed by atoms with van der Waals surface area (Å²) in [5.41, 5.74) is 0.591. The molecule has 1 heterocycles. The maximum atomic E-state index is 12.2. The fraction of sp³-hybridized carbons (Fsp3) is 0.0625. The molecule has 138 valence electrons. The third-order valence-electron chi connectivity index (χ3n) is 3.43. The highest BCUT2D eigenvalue weighted by molar-refractivity contribution is 7.80. The van der Waals surface area contributed by atoms with Crippen molar-refractivity contribution in [3.63, 3.8) is 0 Å². The number of anilines is 1. The molecule has 0 fully saturated rings. The molecular weight excluding hydrogens is 412 g/mol. The molecule has 27 heavy (non-hydrogen) atoms. The number of carbonyl (C=O) groups excluding carboxylic acids is 1. The lowest BCUT2D eigenvalue weighted by Crippen LogP contribution is -2.34. The topological polar surface area (TPSA) is 106 Å². The lowest BCUT2D eigenvalue weighted by molar-refractivity contribution is -0.384. The number of amides is 1. The first-order valence-corrected chi connectivity index (χ1v) is 8.98. The normalized spacial score (nSPS) is 10.4. The van der Waals surface area contributed by atoms with Gasteiger partial charge in [-0.15, -0.1) is 0 Å². The number of hydrogen-bond donors (Lipinski definition) is 2. The third-order valence-corrected chi connectivity index (χ3v) is 4.86. The molecule has 3 rings (SSSR count). The number of hydrogen-bond acceptors (Lipinski definition) is 7. The summed E-state index contributed by atoms with van der Waals surface area (Å²) in [4.78, 5) is 26.8. The van der Waals surface area contributed by atoms with Gasteiger partial charge in [-0.3, -0.25) is 20.2 Å². The first-order chi connectivity index (χ1) is 12.9. The van der Waals surface area contributed by atoms with Crippen molar-refractivity contribution in [1.82, 2.24) is 10.3 Å². The van der Waals surface area contributed by atoms with Gasteiger partial charge in [-0.25, -0.2) is 4.98 Å². The highest BCUT2D eigenvalue weighted by atomic mass is 35.5. The number of ether oxygens (including phenoxy) is 1. The van der Waals surface area contributed by atoms with Gasteiger partial charge in [-0.2, -0.15) is 0 Å². The van der Waals surface area contributed by atoms with Crippen LogP contribution in [0, 0.1) is 10.1 Å². The van der Waals surface area contributed by atoms with Crippen LogP contribution in [0.1, 0.15) is 10.4 Å². The summed E-state index contributed by atoms with van der Waals surface area (Å²) in [5.74, 6) is -0.0389. The second-order valence-electron chi connectivity index (χ2n) is 5.19. The number of nitro groups is 1. The Bertz CT molecular complexity index is 1070. The van der Waals surface area contributed by atoms with Crippen molar-refractivity contribution < 1.29 is 14.5 Å². The van der Waals surface area contributed by atoms with Gasteiger partial charge < -0.3 is 10.1 Å². The van der Waals surface area contributed by atoms with Gasteiger partial charge in [-0.1, -0.05) is 29.0 Å². The summed E-state index contributed by atoms with van der Waals surface area (Å²) in [6.07, 6.45) is 0. The average Bonchev–Trinajstić information content (AvgIpc) is 3.01. The Labute approximate surface area is 167 Å². The van der Waals surface area contributed by atoms with Crippen LogP contribution in [0.5, 0.6) is 5.75 Å². The molecule has 0 radical (unpaired) electrons. The molecule has 0 unspecified atom stereocenters. The van der Waals surface area contributed by atoms with Crippen molar-refractivity contribution in [2.45, 2.75) is 0 Å². The second kappa shape index (κ2) is 7.82. The van der Waals surface area contributed by atoms with Crippen molar-refractivity contribution in [2.24, 2.45) is 0 Å². The smallest absolute Gasteiger partial charge is 0.270 e. The fourth-order valence-corrected chi connectivity index (χ4v) is 3.57. The van der Waals surface area contributed by atoms with Gasteiger partial charge in [0.25, 0.3) is 11.6 Å². The summed E-state index contributed by atoms with van der Waals surface area (Å²) < 4.78 is 5.99. The largest absolute Gasteiger partial charge is 0.495 e. The monoisotopic (exact) mass is 422 g/mol. The van der Waals surface area contributed by atoms with Crippen LogP contribution >= 0.6 is 35.2 Å². The zero-order chi connectivity index (χ0) is 19.6. The molecule has 0 bridgehead atoms. The number of aromatic nitrogens is 1. The minimum atomic E-state index is -0.576. The summed E-state index contributed by atoms with van der Waals surface area (Å²) in [6.45, 7) is 0. The number of benzene rings is 2. The number of nitrogens with zero attached hydrogens (tertiary/aromatic N) is 2. The van der Waals surface area contributed by atoms with Crippen molar-refractivity contribution in [2.75, 3.05) is 12.4 Å². The molecule has 0 atom stereocenters. The zero-order valence-electron chi connectivity index (χ0n) is 13.7. The predicted octanol–water partition coefficient (Wildman–Crippen LogP) is 3.99. The molecule has 8 nitrogen and oxygen atoms in total. The van der Waals surface area contributed by atoms with Crippen molar-refractivity contribution >= 4 is 67.2 Å². The maximum absolute atomic E-state index is 12.2. The number of thiocarbonyl (C=S) groups is 1. The van der Waals surface area contributed by atoms with E-state index in [-0.39, 0.29) is 16.4 Å². The molecule has 2 aromatic carbocycles. The van der Waals surface area contributed by atoms with Crippen LogP contribution in [-0.2, 0) is 0 Å². The molecule has 1 amide bonds. The lowest BCUT2D eigenvalue weighted by atomic mass is 10.2. The van der Waals surface area contributed by atoms with Crippen LogP contribution in [0.15, 0.2) is 36.4 Å². The molecule has 0 saturated carbocycles. The average molecular weight is 423 g/mol. The van der Waals surface area contributed by atoms with Gasteiger partial charge in [0.1, 0.15) is 5.75 Å². The van der Waals surface area contributed by atoms with Gasteiger partial charge in [0.2, 0.25) is 0 Å². The van der Waals surface area contributed by atoms with Gasteiger partial charge in [-0.05, 0) is 24.4 Å². The van der Waals surface area contributed by atoms with Crippen LogP contribution in [-0.4, -0.2) is 28.0 Å². The van der Waals surface area contributed by atoms with E-state index in [1.54, 1.807) is 12.1 Å². The number of carbonyl (C=O) groups is 1. The summed E-state index contributed by atoms with van der Waals surface area (Å²) >= 11 is 12.5. The Morgan fingerprint density at radius 3 is 2.85 bits per heavy atom. The Balaban J connectivity index is 1.72. The van der Waals surface area contributed by atoms with E-state index in [0.717, 1.165) is 4.70 Å². The van der Waals surface area contributed by atoms with E-state index in [1.165, 1.54) is 42.7 Å². The number of halogens is 1. The Hall–Kier alpha value is -2.82. The van der Waals surface area contributed by atoms with Crippen molar-refractivity contribution in [3.8, 4) is 5.75 Å². The number of rotatable bonds is 4. The second-order valence-corrected chi connectivity index (χ2v) is 7.04. The molecule has 3 aromatic rings. The van der Waals surface area contributed by atoms with Gasteiger partial charge in [0, 0.05) is 23.8 Å². The van der Waals surface area contributed by atoms with E-state index >= 15 is 0 Å². The van der Waals surface area contributed by atoms with Gasteiger partial charge in [0.05, 0.1) is 27.3 Å². The van der Waals surface area contributed by atoms with E-state index in [4.69, 9.17) is 28.6 Å². The first-order valence-electron chi connectivity index (χ1n) is 7.38. The van der Waals surface area contributed by atoms with E-state index in [9.17, 15) is 14.9 Å². The number of nitro benzene ring substituents is 1. The summed E-state index contributed by atoms with van der Waals surface area (Å²) in [5, 5.41) is 17.0. The predicted molar refractivity (Wildman–Crippen MR) is 108 cm³/mol. The van der Waals surface area contributed by atoms with Crippen LogP contribution in [0.2, 0.25) is 5.02 Å². The minimum absolute atomic E-state index is 0.0172.